The topological polar surface area (TPSA) is 26.0 Å². The van der Waals surface area contributed by atoms with Gasteiger partial charge in [0.15, 0.2) is 0 Å². The van der Waals surface area contributed by atoms with Crippen LogP contribution in [0.15, 0.2) is 40.9 Å². The number of aryl methyl sites for hydroxylation is 1. The van der Waals surface area contributed by atoms with E-state index < -0.39 is 11.6 Å². The Bertz CT molecular complexity index is 611. The summed E-state index contributed by atoms with van der Waals surface area (Å²) in [7, 11) is 0. The van der Waals surface area contributed by atoms with E-state index in [9.17, 15) is 8.78 Å². The van der Waals surface area contributed by atoms with E-state index in [0.29, 0.717) is 19.4 Å². The molecule has 1 unspecified atom stereocenters. The normalized spacial score (nSPS) is 12.4. The molecule has 2 aromatic rings. The smallest absolute Gasteiger partial charge is 0.143 e. The maximum Gasteiger partial charge on any atom is 0.143 e. The second-order valence-corrected chi connectivity index (χ2v) is 6.17. The van der Waals surface area contributed by atoms with E-state index in [1.807, 2.05) is 31.2 Å². The van der Waals surface area contributed by atoms with Crippen molar-refractivity contribution in [1.29, 1.82) is 0 Å². The number of rotatable bonds is 5. The van der Waals surface area contributed by atoms with Crippen molar-refractivity contribution in [2.45, 2.75) is 19.8 Å². The van der Waals surface area contributed by atoms with E-state index >= 15 is 0 Å². The molecule has 0 amide bonds. The quantitative estimate of drug-likeness (QED) is 0.792. The van der Waals surface area contributed by atoms with Crippen molar-refractivity contribution >= 4 is 15.9 Å². The van der Waals surface area contributed by atoms with Crippen LogP contribution >= 0.6 is 15.9 Å². The molecular formula is C17H18BrF2N. The molecule has 0 saturated heterocycles. The lowest BCUT2D eigenvalue weighted by Gasteiger charge is -2.16. The van der Waals surface area contributed by atoms with Gasteiger partial charge in [0.1, 0.15) is 11.6 Å². The summed E-state index contributed by atoms with van der Waals surface area (Å²) in [5.41, 5.74) is 8.20. The average molecular weight is 354 g/mol. The van der Waals surface area contributed by atoms with Crippen LogP contribution in [0.3, 0.4) is 0 Å². The van der Waals surface area contributed by atoms with E-state index in [0.717, 1.165) is 5.56 Å². The predicted molar refractivity (Wildman–Crippen MR) is 85.2 cm³/mol. The maximum absolute atomic E-state index is 14.0. The Hall–Kier alpha value is -1.26. The Balaban J connectivity index is 2.16. The number of hydrogen-bond donors (Lipinski definition) is 1. The predicted octanol–water partition coefficient (Wildman–Crippen LogP) is 4.40. The van der Waals surface area contributed by atoms with Gasteiger partial charge >= 0.3 is 0 Å². The molecule has 0 bridgehead atoms. The van der Waals surface area contributed by atoms with E-state index in [-0.39, 0.29) is 16.0 Å². The Morgan fingerprint density at radius 1 is 1.05 bits per heavy atom. The van der Waals surface area contributed by atoms with Crippen LogP contribution in [0, 0.1) is 24.5 Å². The molecule has 1 nitrogen and oxygen atoms in total. The highest BCUT2D eigenvalue weighted by Gasteiger charge is 2.17. The molecule has 2 N–H and O–H groups in total. The molecule has 21 heavy (non-hydrogen) atoms. The Morgan fingerprint density at radius 3 is 2.33 bits per heavy atom. The fourth-order valence-electron chi connectivity index (χ4n) is 2.34. The van der Waals surface area contributed by atoms with Crippen molar-refractivity contribution in [1.82, 2.24) is 0 Å². The van der Waals surface area contributed by atoms with Crippen LogP contribution in [0.1, 0.15) is 16.7 Å². The summed E-state index contributed by atoms with van der Waals surface area (Å²) >= 11 is 3.09. The third-order valence-electron chi connectivity index (χ3n) is 3.61. The molecule has 2 rings (SSSR count). The van der Waals surface area contributed by atoms with Gasteiger partial charge < -0.3 is 5.73 Å². The van der Waals surface area contributed by atoms with Crippen LogP contribution in [0.25, 0.3) is 0 Å². The standard InChI is InChI=1S/C17H18BrF2N/c1-11-2-4-12(5-3-11)8-13(10-21)9-14-16(19)7-6-15(18)17(14)20/h2-7,13H,8-10,21H2,1H3. The van der Waals surface area contributed by atoms with E-state index in [2.05, 4.69) is 15.9 Å². The molecule has 1 atom stereocenters. The van der Waals surface area contributed by atoms with Crippen LogP contribution in [0.2, 0.25) is 0 Å². The molecular weight excluding hydrogens is 336 g/mol. The molecule has 0 aliphatic rings. The molecule has 112 valence electrons. The summed E-state index contributed by atoms with van der Waals surface area (Å²) in [6, 6.07) is 10.8. The van der Waals surface area contributed by atoms with Crippen molar-refractivity contribution in [3.63, 3.8) is 0 Å². The lowest BCUT2D eigenvalue weighted by Crippen LogP contribution is -2.20. The first-order valence-electron chi connectivity index (χ1n) is 6.89. The zero-order valence-corrected chi connectivity index (χ0v) is 13.5. The summed E-state index contributed by atoms with van der Waals surface area (Å²) in [6.45, 7) is 2.41. The van der Waals surface area contributed by atoms with Gasteiger partial charge in [-0.25, -0.2) is 8.78 Å². The van der Waals surface area contributed by atoms with E-state index in [1.165, 1.54) is 17.7 Å². The van der Waals surface area contributed by atoms with Gasteiger partial charge in [-0.15, -0.1) is 0 Å². The molecule has 4 heteroatoms. The van der Waals surface area contributed by atoms with E-state index in [1.54, 1.807) is 0 Å². The minimum Gasteiger partial charge on any atom is -0.330 e. The SMILES string of the molecule is Cc1ccc(CC(CN)Cc2c(F)ccc(Br)c2F)cc1. The highest BCUT2D eigenvalue weighted by Crippen LogP contribution is 2.25. The van der Waals surface area contributed by atoms with Gasteiger partial charge in [-0.05, 0) is 65.9 Å². The average Bonchev–Trinajstić information content (AvgIpc) is 2.48. The van der Waals surface area contributed by atoms with Crippen molar-refractivity contribution in [3.8, 4) is 0 Å². The van der Waals surface area contributed by atoms with Crippen LogP contribution in [0.5, 0.6) is 0 Å². The monoisotopic (exact) mass is 353 g/mol. The van der Waals surface area contributed by atoms with Gasteiger partial charge in [0.2, 0.25) is 0 Å². The number of halogens is 3. The Labute approximate surface area is 132 Å². The summed E-state index contributed by atoms with van der Waals surface area (Å²) < 4.78 is 28.1. The fourth-order valence-corrected chi connectivity index (χ4v) is 2.71. The van der Waals surface area contributed by atoms with Gasteiger partial charge in [-0.3, -0.25) is 0 Å². The molecule has 0 spiro atoms. The fraction of sp³-hybridized carbons (Fsp3) is 0.294. The lowest BCUT2D eigenvalue weighted by atomic mass is 9.92. The molecule has 2 aromatic carbocycles. The minimum absolute atomic E-state index is 0.00556. The van der Waals surface area contributed by atoms with Crippen molar-refractivity contribution in [2.75, 3.05) is 6.54 Å². The zero-order valence-electron chi connectivity index (χ0n) is 11.9. The first kappa shape index (κ1) is 16.1. The number of nitrogens with two attached hydrogens (primary N) is 1. The summed E-state index contributed by atoms with van der Waals surface area (Å²) in [5.74, 6) is -1.04. The minimum atomic E-state index is -0.530. The van der Waals surface area contributed by atoms with Crippen molar-refractivity contribution < 1.29 is 8.78 Å². The summed E-state index contributed by atoms with van der Waals surface area (Å²) in [4.78, 5) is 0. The van der Waals surface area contributed by atoms with Crippen molar-refractivity contribution in [3.05, 3.63) is 69.2 Å². The van der Waals surface area contributed by atoms with Gasteiger partial charge in [-0.2, -0.15) is 0 Å². The van der Waals surface area contributed by atoms with Gasteiger partial charge in [-0.1, -0.05) is 29.8 Å². The van der Waals surface area contributed by atoms with Gasteiger partial charge in [0.05, 0.1) is 4.47 Å². The van der Waals surface area contributed by atoms with E-state index in [4.69, 9.17) is 5.73 Å². The molecule has 0 heterocycles. The summed E-state index contributed by atoms with van der Waals surface area (Å²) in [6.07, 6.45) is 1.00. The second kappa shape index (κ2) is 7.14. The number of benzene rings is 2. The molecule has 0 fully saturated rings. The van der Waals surface area contributed by atoms with Gasteiger partial charge in [0, 0.05) is 5.56 Å². The molecule has 0 aromatic heterocycles. The lowest BCUT2D eigenvalue weighted by molar-refractivity contribution is 0.483. The third-order valence-corrected chi connectivity index (χ3v) is 4.22. The summed E-state index contributed by atoms with van der Waals surface area (Å²) in [5, 5.41) is 0. The first-order valence-corrected chi connectivity index (χ1v) is 7.68. The van der Waals surface area contributed by atoms with Crippen LogP contribution in [-0.4, -0.2) is 6.54 Å². The Kier molecular flexibility index (Phi) is 5.48. The van der Waals surface area contributed by atoms with Crippen LogP contribution < -0.4 is 5.73 Å². The third kappa shape index (κ3) is 4.11. The maximum atomic E-state index is 14.0. The molecule has 0 radical (unpaired) electrons. The highest BCUT2D eigenvalue weighted by atomic mass is 79.9. The largest absolute Gasteiger partial charge is 0.330 e. The number of hydrogen-bond acceptors (Lipinski definition) is 1. The van der Waals surface area contributed by atoms with Crippen LogP contribution in [-0.2, 0) is 12.8 Å². The second-order valence-electron chi connectivity index (χ2n) is 5.32. The molecule has 0 aliphatic carbocycles. The van der Waals surface area contributed by atoms with Crippen LogP contribution in [0.4, 0.5) is 8.78 Å². The van der Waals surface area contributed by atoms with Crippen molar-refractivity contribution in [2.24, 2.45) is 11.7 Å². The highest BCUT2D eigenvalue weighted by molar-refractivity contribution is 9.10. The van der Waals surface area contributed by atoms with Gasteiger partial charge in [0.25, 0.3) is 0 Å². The molecule has 0 aliphatic heterocycles. The molecule has 0 saturated carbocycles. The first-order chi connectivity index (χ1) is 10.0. The Morgan fingerprint density at radius 2 is 1.71 bits per heavy atom. The zero-order chi connectivity index (χ0) is 15.4.